The molecule has 1 amide bonds. The Bertz CT molecular complexity index is 525. The Balaban J connectivity index is 2.30. The quantitative estimate of drug-likeness (QED) is 0.574. The molecule has 0 bridgehead atoms. The number of pyridine rings is 1. The van der Waals surface area contributed by atoms with E-state index in [4.69, 9.17) is 16.9 Å². The maximum absolute atomic E-state index is 12.2. The molecular formula is C10H7ClN4OS. The number of amides is 1. The first kappa shape index (κ1) is 11.9. The summed E-state index contributed by atoms with van der Waals surface area (Å²) in [5.41, 5.74) is 0.322. The number of aromatic nitrogens is 1. The summed E-state index contributed by atoms with van der Waals surface area (Å²) in [7, 11) is 0. The lowest BCUT2D eigenvalue weighted by Crippen LogP contribution is -2.32. The van der Waals surface area contributed by atoms with Crippen molar-refractivity contribution < 1.29 is 4.79 Å². The lowest BCUT2D eigenvalue weighted by Gasteiger charge is -2.14. The summed E-state index contributed by atoms with van der Waals surface area (Å²) in [6.07, 6.45) is 3.20. The molecule has 2 heterocycles. The van der Waals surface area contributed by atoms with E-state index in [1.165, 1.54) is 22.9 Å². The molecule has 0 aromatic carbocycles. The van der Waals surface area contributed by atoms with Crippen LogP contribution >= 0.6 is 23.4 Å². The number of aliphatic imine (C=N–C) groups is 1. The van der Waals surface area contributed by atoms with Crippen molar-refractivity contribution in [1.82, 2.24) is 9.88 Å². The standard InChI is InChI=1S/C10H7ClN4OS/c11-8-7(2-1-3-13-8)9(16)15-4-5-17-10(15)14-6-12/h1-3H,4-5H2. The molecule has 1 aliphatic rings. The van der Waals surface area contributed by atoms with Gasteiger partial charge in [-0.15, -0.1) is 4.99 Å². The molecule has 0 atom stereocenters. The molecule has 0 aliphatic carbocycles. The van der Waals surface area contributed by atoms with Gasteiger partial charge in [-0.05, 0) is 12.1 Å². The number of carbonyl (C=O) groups excluding carboxylic acids is 1. The van der Waals surface area contributed by atoms with E-state index >= 15 is 0 Å². The molecule has 1 saturated heterocycles. The van der Waals surface area contributed by atoms with E-state index in [0.29, 0.717) is 17.3 Å². The van der Waals surface area contributed by atoms with Gasteiger partial charge in [-0.1, -0.05) is 23.4 Å². The van der Waals surface area contributed by atoms with Crippen molar-refractivity contribution in [3.05, 3.63) is 29.0 Å². The lowest BCUT2D eigenvalue weighted by atomic mass is 10.2. The van der Waals surface area contributed by atoms with E-state index in [1.807, 2.05) is 0 Å². The Hall–Kier alpha value is -1.58. The van der Waals surface area contributed by atoms with Crippen LogP contribution in [-0.4, -0.2) is 33.3 Å². The predicted molar refractivity (Wildman–Crippen MR) is 65.8 cm³/mol. The number of halogens is 1. The second-order valence-electron chi connectivity index (χ2n) is 3.14. The van der Waals surface area contributed by atoms with Gasteiger partial charge in [0.2, 0.25) is 6.19 Å². The Labute approximate surface area is 107 Å². The van der Waals surface area contributed by atoms with Gasteiger partial charge >= 0.3 is 0 Å². The monoisotopic (exact) mass is 266 g/mol. The average molecular weight is 267 g/mol. The molecule has 0 N–H and O–H groups in total. The third-order valence-electron chi connectivity index (χ3n) is 2.16. The number of carbonyl (C=O) groups is 1. The zero-order chi connectivity index (χ0) is 12.3. The molecule has 0 unspecified atom stereocenters. The van der Waals surface area contributed by atoms with E-state index in [-0.39, 0.29) is 11.1 Å². The molecule has 5 nitrogen and oxygen atoms in total. The van der Waals surface area contributed by atoms with Crippen molar-refractivity contribution in [3.63, 3.8) is 0 Å². The first-order valence-corrected chi connectivity index (χ1v) is 6.12. The van der Waals surface area contributed by atoms with Crippen LogP contribution in [0.2, 0.25) is 5.15 Å². The highest BCUT2D eigenvalue weighted by Crippen LogP contribution is 2.22. The average Bonchev–Trinajstić information content (AvgIpc) is 2.78. The molecule has 1 aliphatic heterocycles. The number of hydrogen-bond donors (Lipinski definition) is 0. The summed E-state index contributed by atoms with van der Waals surface area (Å²) in [6, 6.07) is 3.24. The zero-order valence-corrected chi connectivity index (χ0v) is 10.2. The van der Waals surface area contributed by atoms with Gasteiger partial charge in [0.05, 0.1) is 5.56 Å². The molecule has 17 heavy (non-hydrogen) atoms. The summed E-state index contributed by atoms with van der Waals surface area (Å²) in [5.74, 6) is 0.450. The third-order valence-corrected chi connectivity index (χ3v) is 3.42. The fraction of sp³-hybridized carbons (Fsp3) is 0.200. The second-order valence-corrected chi connectivity index (χ2v) is 4.56. The summed E-state index contributed by atoms with van der Waals surface area (Å²) in [4.78, 5) is 21.0. The van der Waals surface area contributed by atoms with E-state index in [0.717, 1.165) is 5.75 Å². The van der Waals surface area contributed by atoms with Crippen molar-refractivity contribution >= 4 is 34.4 Å². The first-order valence-electron chi connectivity index (χ1n) is 4.76. The summed E-state index contributed by atoms with van der Waals surface area (Å²) >= 11 is 7.23. The normalized spacial score (nSPS) is 17.2. The van der Waals surface area contributed by atoms with Gasteiger partial charge in [0.1, 0.15) is 5.15 Å². The van der Waals surface area contributed by atoms with E-state index in [9.17, 15) is 4.79 Å². The summed E-state index contributed by atoms with van der Waals surface area (Å²) in [6.45, 7) is 0.523. The van der Waals surface area contributed by atoms with Crippen LogP contribution in [0.25, 0.3) is 0 Å². The van der Waals surface area contributed by atoms with Crippen LogP contribution in [-0.2, 0) is 0 Å². The maximum Gasteiger partial charge on any atom is 0.263 e. The van der Waals surface area contributed by atoms with Gasteiger partial charge < -0.3 is 0 Å². The first-order chi connectivity index (χ1) is 8.24. The molecule has 7 heteroatoms. The number of rotatable bonds is 1. The van der Waals surface area contributed by atoms with Gasteiger partial charge in [-0.25, -0.2) is 4.98 Å². The fourth-order valence-corrected chi connectivity index (χ4v) is 2.51. The van der Waals surface area contributed by atoms with Gasteiger partial charge in [-0.2, -0.15) is 5.26 Å². The fourth-order valence-electron chi connectivity index (χ4n) is 1.42. The van der Waals surface area contributed by atoms with Crippen LogP contribution in [0.5, 0.6) is 0 Å². The number of nitriles is 1. The number of hydrogen-bond acceptors (Lipinski definition) is 5. The minimum Gasteiger partial charge on any atom is -0.286 e. The molecule has 0 spiro atoms. The van der Waals surface area contributed by atoms with Gasteiger partial charge in [-0.3, -0.25) is 9.69 Å². The molecule has 1 aromatic rings. The molecule has 0 radical (unpaired) electrons. The maximum atomic E-state index is 12.2. The van der Waals surface area contributed by atoms with Crippen molar-refractivity contribution in [1.29, 1.82) is 5.26 Å². The SMILES string of the molecule is N#CN=C1SCCN1C(=O)c1cccnc1Cl. The molecule has 86 valence electrons. The van der Waals surface area contributed by atoms with Gasteiger partial charge in [0.25, 0.3) is 5.91 Å². The largest absolute Gasteiger partial charge is 0.286 e. The van der Waals surface area contributed by atoms with Crippen LogP contribution in [0.3, 0.4) is 0 Å². The molecular weight excluding hydrogens is 260 g/mol. The number of nitrogens with zero attached hydrogens (tertiary/aromatic N) is 4. The highest BCUT2D eigenvalue weighted by Gasteiger charge is 2.28. The Morgan fingerprint density at radius 1 is 1.71 bits per heavy atom. The highest BCUT2D eigenvalue weighted by atomic mass is 35.5. The van der Waals surface area contributed by atoms with Crippen molar-refractivity contribution in [3.8, 4) is 6.19 Å². The van der Waals surface area contributed by atoms with Crippen LogP contribution < -0.4 is 0 Å². The van der Waals surface area contributed by atoms with Crippen LogP contribution in [0.15, 0.2) is 23.3 Å². The topological polar surface area (TPSA) is 69.3 Å². The van der Waals surface area contributed by atoms with Gasteiger partial charge in [0.15, 0.2) is 5.17 Å². The molecule has 2 rings (SSSR count). The minimum absolute atomic E-state index is 0.158. The lowest BCUT2D eigenvalue weighted by molar-refractivity contribution is 0.0859. The van der Waals surface area contributed by atoms with Crippen LogP contribution in [0, 0.1) is 11.5 Å². The van der Waals surface area contributed by atoms with Gasteiger partial charge in [0, 0.05) is 18.5 Å². The summed E-state index contributed by atoms with van der Waals surface area (Å²) < 4.78 is 0. The van der Waals surface area contributed by atoms with Crippen LogP contribution in [0.1, 0.15) is 10.4 Å². The smallest absolute Gasteiger partial charge is 0.263 e. The predicted octanol–water partition coefficient (Wildman–Crippen LogP) is 1.76. The van der Waals surface area contributed by atoms with E-state index < -0.39 is 0 Å². The highest BCUT2D eigenvalue weighted by molar-refractivity contribution is 8.14. The van der Waals surface area contributed by atoms with E-state index in [1.54, 1.807) is 18.3 Å². The minimum atomic E-state index is -0.276. The number of thioether (sulfide) groups is 1. The zero-order valence-electron chi connectivity index (χ0n) is 8.63. The van der Waals surface area contributed by atoms with E-state index in [2.05, 4.69) is 9.98 Å². The van der Waals surface area contributed by atoms with Crippen molar-refractivity contribution in [2.45, 2.75) is 0 Å². The number of amidine groups is 1. The van der Waals surface area contributed by atoms with Crippen LogP contribution in [0.4, 0.5) is 0 Å². The van der Waals surface area contributed by atoms with Crippen molar-refractivity contribution in [2.75, 3.05) is 12.3 Å². The Morgan fingerprint density at radius 2 is 2.53 bits per heavy atom. The van der Waals surface area contributed by atoms with Crippen molar-refractivity contribution in [2.24, 2.45) is 4.99 Å². The Kier molecular flexibility index (Phi) is 3.61. The molecule has 1 fully saturated rings. The third kappa shape index (κ3) is 2.40. The Morgan fingerprint density at radius 3 is 3.24 bits per heavy atom. The summed E-state index contributed by atoms with van der Waals surface area (Å²) in [5, 5.41) is 9.10. The second kappa shape index (κ2) is 5.17. The molecule has 1 aromatic heterocycles. The molecule has 0 saturated carbocycles.